The van der Waals surface area contributed by atoms with Crippen molar-refractivity contribution >= 4 is 17.8 Å². The summed E-state index contributed by atoms with van der Waals surface area (Å²) in [6.07, 6.45) is 3.17. The van der Waals surface area contributed by atoms with Gasteiger partial charge in [-0.25, -0.2) is 0 Å². The number of amides is 1. The average molecular weight is 438 g/mol. The van der Waals surface area contributed by atoms with Crippen molar-refractivity contribution in [3.8, 4) is 11.1 Å². The highest BCUT2D eigenvalue weighted by molar-refractivity contribution is 5.80. The first-order valence-corrected chi connectivity index (χ1v) is 11.2. The van der Waals surface area contributed by atoms with Gasteiger partial charge in [-0.15, -0.1) is 0 Å². The molecule has 2 aromatic rings. The average Bonchev–Trinajstić information content (AvgIpc) is 2.80. The first-order valence-electron chi connectivity index (χ1n) is 11.2. The smallest absolute Gasteiger partial charge is 0.306 e. The van der Waals surface area contributed by atoms with Crippen LogP contribution in [0.15, 0.2) is 54.6 Å². The maximum absolute atomic E-state index is 12.9. The number of aliphatic carboxylic acids is 2. The van der Waals surface area contributed by atoms with E-state index in [9.17, 15) is 24.6 Å². The van der Waals surface area contributed by atoms with E-state index in [4.69, 9.17) is 0 Å². The number of hydrogen-bond acceptors (Lipinski definition) is 3. The maximum Gasteiger partial charge on any atom is 0.306 e. The molecule has 1 fully saturated rings. The number of rotatable bonds is 9. The van der Waals surface area contributed by atoms with Gasteiger partial charge in [0, 0.05) is 12.0 Å². The van der Waals surface area contributed by atoms with Gasteiger partial charge in [0.15, 0.2) is 0 Å². The molecular formula is C26H31NO5. The second-order valence-corrected chi connectivity index (χ2v) is 8.85. The van der Waals surface area contributed by atoms with E-state index < -0.39 is 23.8 Å². The Bertz CT molecular complexity index is 925. The molecular weight excluding hydrogens is 406 g/mol. The van der Waals surface area contributed by atoms with Crippen molar-refractivity contribution in [3.63, 3.8) is 0 Å². The van der Waals surface area contributed by atoms with Crippen LogP contribution in [0.5, 0.6) is 0 Å². The zero-order valence-corrected chi connectivity index (χ0v) is 18.4. The standard InChI is InChI=1S/C26H31NO5/c1-17(25(29)30)14-23(27-24(28)21-8-5-9-22(16-21)26(31)32)15-18-10-12-20(13-11-18)19-6-3-2-4-7-19/h2-4,6-7,10-13,17,21-23H,5,8-9,14-16H2,1H3,(H,27,28)(H,29,30)(H,31,32)/t17-,21?,22-,23?/m1/s1. The van der Waals surface area contributed by atoms with Crippen LogP contribution in [0.1, 0.15) is 44.6 Å². The van der Waals surface area contributed by atoms with Crippen LogP contribution in [0.3, 0.4) is 0 Å². The summed E-state index contributed by atoms with van der Waals surface area (Å²) < 4.78 is 0. The third-order valence-electron chi connectivity index (χ3n) is 6.34. The Hall–Kier alpha value is -3.15. The van der Waals surface area contributed by atoms with Crippen LogP contribution in [0.2, 0.25) is 0 Å². The van der Waals surface area contributed by atoms with Gasteiger partial charge in [0.25, 0.3) is 0 Å². The largest absolute Gasteiger partial charge is 0.481 e. The summed E-state index contributed by atoms with van der Waals surface area (Å²) in [5.41, 5.74) is 3.23. The van der Waals surface area contributed by atoms with E-state index in [1.807, 2.05) is 54.6 Å². The second-order valence-electron chi connectivity index (χ2n) is 8.85. The zero-order chi connectivity index (χ0) is 23.1. The van der Waals surface area contributed by atoms with Crippen LogP contribution in [0.25, 0.3) is 11.1 Å². The molecule has 32 heavy (non-hydrogen) atoms. The van der Waals surface area contributed by atoms with Crippen LogP contribution >= 0.6 is 0 Å². The summed E-state index contributed by atoms with van der Waals surface area (Å²) in [5, 5.41) is 21.7. The van der Waals surface area contributed by atoms with Crippen LogP contribution in [-0.4, -0.2) is 34.1 Å². The molecule has 0 aromatic heterocycles. The predicted octanol–water partition coefficient (Wildman–Crippen LogP) is 4.38. The van der Waals surface area contributed by atoms with Crippen molar-refractivity contribution in [2.75, 3.05) is 0 Å². The van der Waals surface area contributed by atoms with Gasteiger partial charge in [-0.1, -0.05) is 67.9 Å². The molecule has 0 saturated heterocycles. The SMILES string of the molecule is C[C@H](CC(Cc1ccc(-c2ccccc2)cc1)NC(=O)C1CCC[C@@H](C(=O)O)C1)C(=O)O. The summed E-state index contributed by atoms with van der Waals surface area (Å²) in [4.78, 5) is 35.7. The van der Waals surface area contributed by atoms with E-state index in [0.29, 0.717) is 38.5 Å². The fourth-order valence-electron chi connectivity index (χ4n) is 4.44. The molecule has 6 heteroatoms. The summed E-state index contributed by atoms with van der Waals surface area (Å²) in [5.74, 6) is -3.33. The van der Waals surface area contributed by atoms with Crippen molar-refractivity contribution in [2.45, 2.75) is 51.5 Å². The minimum atomic E-state index is -0.896. The number of nitrogens with one attached hydrogen (secondary N) is 1. The van der Waals surface area contributed by atoms with Crippen molar-refractivity contribution in [1.82, 2.24) is 5.32 Å². The van der Waals surface area contributed by atoms with E-state index >= 15 is 0 Å². The summed E-state index contributed by atoms with van der Waals surface area (Å²) in [6, 6.07) is 17.8. The lowest BCUT2D eigenvalue weighted by molar-refractivity contribution is -0.145. The van der Waals surface area contributed by atoms with Crippen LogP contribution in [0, 0.1) is 17.8 Å². The summed E-state index contributed by atoms with van der Waals surface area (Å²) >= 11 is 0. The lowest BCUT2D eigenvalue weighted by Gasteiger charge is -2.28. The van der Waals surface area contributed by atoms with Gasteiger partial charge in [0.1, 0.15) is 0 Å². The van der Waals surface area contributed by atoms with E-state index in [2.05, 4.69) is 5.32 Å². The number of benzene rings is 2. The fourth-order valence-corrected chi connectivity index (χ4v) is 4.44. The molecule has 170 valence electrons. The summed E-state index contributed by atoms with van der Waals surface area (Å²) in [6.45, 7) is 1.64. The van der Waals surface area contributed by atoms with Crippen molar-refractivity contribution in [3.05, 3.63) is 60.2 Å². The van der Waals surface area contributed by atoms with Crippen LogP contribution in [-0.2, 0) is 20.8 Å². The fraction of sp³-hybridized carbons (Fsp3) is 0.423. The number of carbonyl (C=O) groups is 3. The Morgan fingerprint density at radius 1 is 0.938 bits per heavy atom. The normalized spacial score (nSPS) is 20.2. The molecule has 1 amide bonds. The Kier molecular flexibility index (Phi) is 8.03. The highest BCUT2D eigenvalue weighted by atomic mass is 16.4. The monoisotopic (exact) mass is 437 g/mol. The summed E-state index contributed by atoms with van der Waals surface area (Å²) in [7, 11) is 0. The van der Waals surface area contributed by atoms with Gasteiger partial charge < -0.3 is 15.5 Å². The van der Waals surface area contributed by atoms with Gasteiger partial charge >= 0.3 is 11.9 Å². The molecule has 1 saturated carbocycles. The molecule has 0 heterocycles. The molecule has 2 aromatic carbocycles. The number of hydrogen-bond donors (Lipinski definition) is 3. The Labute approximate surface area is 188 Å². The van der Waals surface area contributed by atoms with Crippen molar-refractivity contribution in [2.24, 2.45) is 17.8 Å². The van der Waals surface area contributed by atoms with Crippen LogP contribution in [0.4, 0.5) is 0 Å². The van der Waals surface area contributed by atoms with Gasteiger partial charge in [0.05, 0.1) is 11.8 Å². The lowest BCUT2D eigenvalue weighted by Crippen LogP contribution is -2.43. The quantitative estimate of drug-likeness (QED) is 0.540. The second kappa shape index (κ2) is 10.9. The van der Waals surface area contributed by atoms with Gasteiger partial charge in [-0.3, -0.25) is 14.4 Å². The van der Waals surface area contributed by atoms with Crippen molar-refractivity contribution in [1.29, 1.82) is 0 Å². The van der Waals surface area contributed by atoms with Crippen LogP contribution < -0.4 is 5.32 Å². The number of carboxylic acids is 2. The van der Waals surface area contributed by atoms with E-state index in [-0.39, 0.29) is 17.9 Å². The highest BCUT2D eigenvalue weighted by Gasteiger charge is 2.32. The molecule has 0 aliphatic heterocycles. The zero-order valence-electron chi connectivity index (χ0n) is 18.4. The van der Waals surface area contributed by atoms with Gasteiger partial charge in [0.2, 0.25) is 5.91 Å². The van der Waals surface area contributed by atoms with Gasteiger partial charge in [-0.2, -0.15) is 0 Å². The molecule has 2 unspecified atom stereocenters. The first-order chi connectivity index (χ1) is 15.3. The molecule has 0 bridgehead atoms. The Balaban J connectivity index is 1.69. The minimum Gasteiger partial charge on any atom is -0.481 e. The van der Waals surface area contributed by atoms with E-state index in [0.717, 1.165) is 16.7 Å². The molecule has 3 rings (SSSR count). The molecule has 3 N–H and O–H groups in total. The van der Waals surface area contributed by atoms with E-state index in [1.54, 1.807) is 6.92 Å². The molecule has 6 nitrogen and oxygen atoms in total. The lowest BCUT2D eigenvalue weighted by atomic mass is 9.80. The Morgan fingerprint density at radius 2 is 1.56 bits per heavy atom. The maximum atomic E-state index is 12.9. The number of carbonyl (C=O) groups excluding carboxylic acids is 1. The molecule has 4 atom stereocenters. The topological polar surface area (TPSA) is 104 Å². The van der Waals surface area contributed by atoms with Gasteiger partial charge in [-0.05, 0) is 48.8 Å². The molecule has 1 aliphatic rings. The van der Waals surface area contributed by atoms with Crippen molar-refractivity contribution < 1.29 is 24.6 Å². The predicted molar refractivity (Wildman–Crippen MR) is 122 cm³/mol. The molecule has 0 radical (unpaired) electrons. The van der Waals surface area contributed by atoms with E-state index in [1.165, 1.54) is 0 Å². The highest BCUT2D eigenvalue weighted by Crippen LogP contribution is 2.30. The third-order valence-corrected chi connectivity index (χ3v) is 6.34. The third kappa shape index (κ3) is 6.42. The first kappa shape index (κ1) is 23.5. The number of carboxylic acid groups (broad SMARTS) is 2. The minimum absolute atomic E-state index is 0.167. The molecule has 1 aliphatic carbocycles. The molecule has 0 spiro atoms. The Morgan fingerprint density at radius 3 is 2.19 bits per heavy atom.